The number of carbonyl (C=O) groups is 2. The lowest BCUT2D eigenvalue weighted by molar-refractivity contribution is -0.143. The molecule has 2 fully saturated rings. The van der Waals surface area contributed by atoms with Gasteiger partial charge in [0.1, 0.15) is 11.7 Å². The SMILES string of the molecule is C=C(C)C(=O)OC1CCN(C(=O)OC2(CC)CCCC2)C1. The molecular formula is C16H25NO4. The fraction of sp³-hybridized carbons (Fsp3) is 0.750. The summed E-state index contributed by atoms with van der Waals surface area (Å²) in [5, 5.41) is 0. The second kappa shape index (κ2) is 6.50. The molecule has 5 heteroatoms. The van der Waals surface area contributed by atoms with Crippen molar-refractivity contribution in [3.8, 4) is 0 Å². The molecule has 0 aromatic carbocycles. The summed E-state index contributed by atoms with van der Waals surface area (Å²) in [4.78, 5) is 25.4. The van der Waals surface area contributed by atoms with Gasteiger partial charge in [-0.15, -0.1) is 0 Å². The molecule has 2 aliphatic rings. The Balaban J connectivity index is 1.84. The van der Waals surface area contributed by atoms with Crippen molar-refractivity contribution in [2.45, 2.75) is 64.1 Å². The molecule has 0 radical (unpaired) electrons. The van der Waals surface area contributed by atoms with E-state index in [1.165, 1.54) is 0 Å². The van der Waals surface area contributed by atoms with Crippen LogP contribution in [0.4, 0.5) is 4.79 Å². The van der Waals surface area contributed by atoms with E-state index in [-0.39, 0.29) is 17.8 Å². The van der Waals surface area contributed by atoms with Crippen LogP contribution >= 0.6 is 0 Å². The van der Waals surface area contributed by atoms with E-state index < -0.39 is 5.97 Å². The van der Waals surface area contributed by atoms with Crippen molar-refractivity contribution in [1.29, 1.82) is 0 Å². The third-order valence-corrected chi connectivity index (χ3v) is 4.49. The van der Waals surface area contributed by atoms with Crippen LogP contribution in [-0.4, -0.2) is 41.8 Å². The fourth-order valence-electron chi connectivity index (χ4n) is 3.04. The van der Waals surface area contributed by atoms with Gasteiger partial charge in [-0.1, -0.05) is 13.5 Å². The largest absolute Gasteiger partial charge is 0.457 e. The van der Waals surface area contributed by atoms with E-state index in [9.17, 15) is 9.59 Å². The molecule has 1 aliphatic heterocycles. The number of esters is 1. The maximum Gasteiger partial charge on any atom is 0.410 e. The van der Waals surface area contributed by atoms with E-state index in [1.807, 2.05) is 0 Å². The maximum atomic E-state index is 12.3. The molecule has 1 heterocycles. The summed E-state index contributed by atoms with van der Waals surface area (Å²) in [5.74, 6) is -0.393. The van der Waals surface area contributed by atoms with E-state index >= 15 is 0 Å². The standard InChI is InChI=1S/C16H25NO4/c1-4-16(8-5-6-9-16)21-15(19)17-10-7-13(11-17)20-14(18)12(2)3/h13H,2,4-11H2,1,3H3. The van der Waals surface area contributed by atoms with Gasteiger partial charge >= 0.3 is 12.1 Å². The van der Waals surface area contributed by atoms with E-state index in [0.717, 1.165) is 32.1 Å². The number of likely N-dealkylation sites (tertiary alicyclic amines) is 1. The molecule has 0 N–H and O–H groups in total. The second-order valence-corrected chi connectivity index (χ2v) is 6.15. The van der Waals surface area contributed by atoms with E-state index in [2.05, 4.69) is 13.5 Å². The number of amides is 1. The number of rotatable bonds is 4. The average molecular weight is 295 g/mol. The zero-order valence-corrected chi connectivity index (χ0v) is 13.0. The molecule has 1 amide bonds. The van der Waals surface area contributed by atoms with Crippen molar-refractivity contribution in [2.75, 3.05) is 13.1 Å². The van der Waals surface area contributed by atoms with Crippen LogP contribution in [-0.2, 0) is 14.3 Å². The summed E-state index contributed by atoms with van der Waals surface area (Å²) < 4.78 is 11.0. The Morgan fingerprint density at radius 1 is 1.33 bits per heavy atom. The highest BCUT2D eigenvalue weighted by molar-refractivity contribution is 5.87. The molecule has 1 saturated heterocycles. The van der Waals surface area contributed by atoms with Crippen LogP contribution in [0.25, 0.3) is 0 Å². The smallest absolute Gasteiger partial charge is 0.410 e. The van der Waals surface area contributed by atoms with Crippen LogP contribution < -0.4 is 0 Å². The lowest BCUT2D eigenvalue weighted by Gasteiger charge is -2.30. The van der Waals surface area contributed by atoms with E-state index in [4.69, 9.17) is 9.47 Å². The monoisotopic (exact) mass is 295 g/mol. The van der Waals surface area contributed by atoms with Gasteiger partial charge in [-0.05, 0) is 39.0 Å². The molecule has 1 atom stereocenters. The Bertz CT molecular complexity index is 426. The van der Waals surface area contributed by atoms with Crippen LogP contribution in [0.2, 0.25) is 0 Å². The van der Waals surface area contributed by atoms with Gasteiger partial charge in [-0.2, -0.15) is 0 Å². The topological polar surface area (TPSA) is 55.8 Å². The van der Waals surface area contributed by atoms with Crippen molar-refractivity contribution in [1.82, 2.24) is 4.90 Å². The number of nitrogens with zero attached hydrogens (tertiary/aromatic N) is 1. The van der Waals surface area contributed by atoms with Gasteiger partial charge in [0.25, 0.3) is 0 Å². The molecule has 0 aromatic heterocycles. The molecule has 0 spiro atoms. The van der Waals surface area contributed by atoms with Crippen molar-refractivity contribution < 1.29 is 19.1 Å². The minimum absolute atomic E-state index is 0.247. The van der Waals surface area contributed by atoms with E-state index in [1.54, 1.807) is 11.8 Å². The number of hydrogen-bond donors (Lipinski definition) is 0. The van der Waals surface area contributed by atoms with Gasteiger partial charge in [0.2, 0.25) is 0 Å². The molecular weight excluding hydrogens is 270 g/mol. The lowest BCUT2D eigenvalue weighted by Crippen LogP contribution is -2.39. The second-order valence-electron chi connectivity index (χ2n) is 6.15. The first kappa shape index (κ1) is 15.9. The highest BCUT2D eigenvalue weighted by Crippen LogP contribution is 2.36. The molecule has 0 bridgehead atoms. The zero-order valence-electron chi connectivity index (χ0n) is 13.0. The first-order valence-corrected chi connectivity index (χ1v) is 7.80. The van der Waals surface area contributed by atoms with E-state index in [0.29, 0.717) is 25.1 Å². The Morgan fingerprint density at radius 3 is 2.57 bits per heavy atom. The van der Waals surface area contributed by atoms with Crippen LogP contribution in [0.1, 0.15) is 52.4 Å². The summed E-state index contributed by atoms with van der Waals surface area (Å²) in [6.07, 6.45) is 5.16. The number of hydrogen-bond acceptors (Lipinski definition) is 4. The van der Waals surface area contributed by atoms with Gasteiger partial charge in [0.15, 0.2) is 0 Å². The first-order valence-electron chi connectivity index (χ1n) is 7.80. The average Bonchev–Trinajstić information content (AvgIpc) is 3.08. The third kappa shape index (κ3) is 3.77. The summed E-state index contributed by atoms with van der Waals surface area (Å²) >= 11 is 0. The predicted octanol–water partition coefficient (Wildman–Crippen LogP) is 3.04. The number of ether oxygens (including phenoxy) is 2. The highest BCUT2D eigenvalue weighted by Gasteiger charge is 2.39. The molecule has 118 valence electrons. The summed E-state index contributed by atoms with van der Waals surface area (Å²) in [6, 6.07) is 0. The molecule has 21 heavy (non-hydrogen) atoms. The molecule has 2 rings (SSSR count). The summed E-state index contributed by atoms with van der Waals surface area (Å²) in [7, 11) is 0. The van der Waals surface area contributed by atoms with Crippen molar-refractivity contribution in [3.63, 3.8) is 0 Å². The van der Waals surface area contributed by atoms with Crippen molar-refractivity contribution >= 4 is 12.1 Å². The van der Waals surface area contributed by atoms with Gasteiger partial charge in [-0.25, -0.2) is 9.59 Å². The Hall–Kier alpha value is -1.52. The minimum atomic E-state index is -0.393. The fourth-order valence-corrected chi connectivity index (χ4v) is 3.04. The molecule has 1 unspecified atom stereocenters. The zero-order chi connectivity index (χ0) is 15.5. The van der Waals surface area contributed by atoms with Gasteiger partial charge in [0.05, 0.1) is 6.54 Å². The minimum Gasteiger partial charge on any atom is -0.457 e. The Labute approximate surface area is 126 Å². The third-order valence-electron chi connectivity index (χ3n) is 4.49. The van der Waals surface area contributed by atoms with Crippen LogP contribution in [0.5, 0.6) is 0 Å². The van der Waals surface area contributed by atoms with Crippen molar-refractivity contribution in [2.24, 2.45) is 0 Å². The predicted molar refractivity (Wildman–Crippen MR) is 78.9 cm³/mol. The summed E-state index contributed by atoms with van der Waals surface area (Å²) in [6.45, 7) is 8.24. The van der Waals surface area contributed by atoms with Gasteiger partial charge in [-0.3, -0.25) is 0 Å². The number of carbonyl (C=O) groups excluding carboxylic acids is 2. The van der Waals surface area contributed by atoms with Crippen molar-refractivity contribution in [3.05, 3.63) is 12.2 Å². The van der Waals surface area contributed by atoms with Gasteiger partial charge in [0, 0.05) is 18.5 Å². The quantitative estimate of drug-likeness (QED) is 0.591. The van der Waals surface area contributed by atoms with Crippen LogP contribution in [0, 0.1) is 0 Å². The summed E-state index contributed by atoms with van der Waals surface area (Å²) in [5.41, 5.74) is 0.107. The normalized spacial score (nSPS) is 23.9. The van der Waals surface area contributed by atoms with Crippen LogP contribution in [0.3, 0.4) is 0 Å². The lowest BCUT2D eigenvalue weighted by atomic mass is 9.99. The Kier molecular flexibility index (Phi) is 4.91. The maximum absolute atomic E-state index is 12.3. The molecule has 5 nitrogen and oxygen atoms in total. The Morgan fingerprint density at radius 2 is 2.00 bits per heavy atom. The van der Waals surface area contributed by atoms with Crippen LogP contribution in [0.15, 0.2) is 12.2 Å². The molecule has 1 aliphatic carbocycles. The first-order chi connectivity index (χ1) is 9.96. The van der Waals surface area contributed by atoms with Gasteiger partial charge < -0.3 is 14.4 Å². The molecule has 1 saturated carbocycles. The molecule has 0 aromatic rings. The highest BCUT2D eigenvalue weighted by atomic mass is 16.6.